The Labute approximate surface area is 103 Å². The average Bonchev–Trinajstić information content (AvgIpc) is 2.68. The maximum atomic E-state index is 9.63. The van der Waals surface area contributed by atoms with Crippen molar-refractivity contribution in [1.29, 1.82) is 0 Å². The molecule has 1 saturated carbocycles. The molecule has 1 aliphatic carbocycles. The monoisotopic (exact) mass is 231 g/mol. The highest BCUT2D eigenvalue weighted by Crippen LogP contribution is 2.45. The summed E-state index contributed by atoms with van der Waals surface area (Å²) < 4.78 is 0. The predicted octanol–water partition coefficient (Wildman–Crippen LogP) is 2.84. The van der Waals surface area contributed by atoms with Crippen LogP contribution >= 0.6 is 0 Å². The number of nitrogens with zero attached hydrogens (tertiary/aromatic N) is 1. The van der Waals surface area contributed by atoms with Crippen LogP contribution in [0.3, 0.4) is 0 Å². The summed E-state index contributed by atoms with van der Waals surface area (Å²) in [5.41, 5.74) is 1.34. The number of aromatic hydroxyl groups is 1. The van der Waals surface area contributed by atoms with E-state index in [0.717, 1.165) is 11.8 Å². The van der Waals surface area contributed by atoms with E-state index in [9.17, 15) is 5.11 Å². The second-order valence-electron chi connectivity index (χ2n) is 5.78. The fourth-order valence-electron chi connectivity index (χ4n) is 3.86. The van der Waals surface area contributed by atoms with E-state index >= 15 is 0 Å². The highest BCUT2D eigenvalue weighted by Gasteiger charge is 2.39. The summed E-state index contributed by atoms with van der Waals surface area (Å²) in [7, 11) is 2.23. The summed E-state index contributed by atoms with van der Waals surface area (Å²) in [4.78, 5) is 2.47. The third-order valence-electron chi connectivity index (χ3n) is 4.58. The molecule has 1 aliphatic heterocycles. The molecule has 0 radical (unpaired) electrons. The van der Waals surface area contributed by atoms with Crippen LogP contribution in [0.25, 0.3) is 0 Å². The van der Waals surface area contributed by atoms with E-state index < -0.39 is 0 Å². The van der Waals surface area contributed by atoms with Crippen LogP contribution in [0.1, 0.15) is 30.7 Å². The number of rotatable bonds is 1. The molecule has 0 spiro atoms. The molecule has 2 nitrogen and oxygen atoms in total. The van der Waals surface area contributed by atoms with Crippen LogP contribution < -0.4 is 0 Å². The van der Waals surface area contributed by atoms with Crippen molar-refractivity contribution in [3.8, 4) is 5.75 Å². The molecule has 0 amide bonds. The lowest BCUT2D eigenvalue weighted by atomic mass is 9.71. The normalized spacial score (nSPS) is 33.6. The number of benzene rings is 1. The zero-order valence-electron chi connectivity index (χ0n) is 10.5. The minimum atomic E-state index is 0.413. The first-order chi connectivity index (χ1) is 8.24. The van der Waals surface area contributed by atoms with Gasteiger partial charge < -0.3 is 10.0 Å². The first kappa shape index (κ1) is 11.1. The SMILES string of the molecule is CN1C[C@@H]2CCC[C@H](c3cccc(O)c3)[C@H]2C1. The van der Waals surface area contributed by atoms with Crippen LogP contribution in [0.15, 0.2) is 24.3 Å². The van der Waals surface area contributed by atoms with Crippen molar-refractivity contribution in [3.63, 3.8) is 0 Å². The Balaban J connectivity index is 1.87. The molecule has 1 aromatic carbocycles. The summed E-state index contributed by atoms with van der Waals surface area (Å²) in [6.07, 6.45) is 4.03. The van der Waals surface area contributed by atoms with Gasteiger partial charge in [-0.25, -0.2) is 0 Å². The van der Waals surface area contributed by atoms with Gasteiger partial charge in [-0.05, 0) is 55.3 Å². The van der Waals surface area contributed by atoms with Gasteiger partial charge >= 0.3 is 0 Å². The zero-order valence-corrected chi connectivity index (χ0v) is 10.5. The average molecular weight is 231 g/mol. The van der Waals surface area contributed by atoms with Crippen molar-refractivity contribution in [2.24, 2.45) is 11.8 Å². The third-order valence-corrected chi connectivity index (χ3v) is 4.58. The van der Waals surface area contributed by atoms with Gasteiger partial charge in [0, 0.05) is 13.1 Å². The molecule has 3 rings (SSSR count). The summed E-state index contributed by atoms with van der Waals surface area (Å²) in [6.45, 7) is 2.49. The minimum Gasteiger partial charge on any atom is -0.508 e. The second kappa shape index (κ2) is 4.34. The van der Waals surface area contributed by atoms with Crippen molar-refractivity contribution in [2.75, 3.05) is 20.1 Å². The lowest BCUT2D eigenvalue weighted by molar-refractivity contribution is 0.257. The molecular formula is C15H21NO. The van der Waals surface area contributed by atoms with Gasteiger partial charge in [-0.15, -0.1) is 0 Å². The van der Waals surface area contributed by atoms with E-state index in [1.807, 2.05) is 12.1 Å². The fraction of sp³-hybridized carbons (Fsp3) is 0.600. The highest BCUT2D eigenvalue weighted by atomic mass is 16.3. The lowest BCUT2D eigenvalue weighted by Gasteiger charge is -2.33. The fourth-order valence-corrected chi connectivity index (χ4v) is 3.86. The molecule has 1 N–H and O–H groups in total. The molecule has 0 aromatic heterocycles. The van der Waals surface area contributed by atoms with E-state index in [1.54, 1.807) is 6.07 Å². The van der Waals surface area contributed by atoms with Gasteiger partial charge in [0.25, 0.3) is 0 Å². The number of fused-ring (bicyclic) bond motifs is 1. The molecule has 1 heterocycles. The third kappa shape index (κ3) is 2.06. The van der Waals surface area contributed by atoms with Crippen LogP contribution in [-0.2, 0) is 0 Å². The van der Waals surface area contributed by atoms with Crippen molar-refractivity contribution in [1.82, 2.24) is 4.90 Å². The Kier molecular flexibility index (Phi) is 2.83. The Morgan fingerprint density at radius 3 is 2.94 bits per heavy atom. The van der Waals surface area contributed by atoms with E-state index in [2.05, 4.69) is 18.0 Å². The maximum absolute atomic E-state index is 9.63. The summed E-state index contributed by atoms with van der Waals surface area (Å²) in [6, 6.07) is 7.90. The van der Waals surface area contributed by atoms with E-state index in [4.69, 9.17) is 0 Å². The summed E-state index contributed by atoms with van der Waals surface area (Å²) in [5.74, 6) is 2.75. The lowest BCUT2D eigenvalue weighted by Crippen LogP contribution is -2.25. The predicted molar refractivity (Wildman–Crippen MR) is 69.2 cm³/mol. The Morgan fingerprint density at radius 2 is 2.12 bits per heavy atom. The van der Waals surface area contributed by atoms with Crippen LogP contribution in [0.4, 0.5) is 0 Å². The standard InChI is InChI=1S/C15H21NO/c1-16-9-12-5-3-7-14(15(12)10-16)11-4-2-6-13(17)8-11/h2,4,6,8,12,14-15,17H,3,5,7,9-10H2,1H3/t12-,14+,15-/m0/s1. The molecule has 1 saturated heterocycles. The highest BCUT2D eigenvalue weighted by molar-refractivity contribution is 5.31. The molecule has 0 unspecified atom stereocenters. The molecule has 17 heavy (non-hydrogen) atoms. The van der Waals surface area contributed by atoms with Gasteiger partial charge in [0.2, 0.25) is 0 Å². The topological polar surface area (TPSA) is 23.5 Å². The first-order valence-corrected chi connectivity index (χ1v) is 6.71. The molecule has 1 aromatic rings. The van der Waals surface area contributed by atoms with Crippen molar-refractivity contribution in [2.45, 2.75) is 25.2 Å². The van der Waals surface area contributed by atoms with Crippen LogP contribution in [0.5, 0.6) is 5.75 Å². The van der Waals surface area contributed by atoms with Gasteiger partial charge in [0.05, 0.1) is 0 Å². The largest absolute Gasteiger partial charge is 0.508 e. The smallest absolute Gasteiger partial charge is 0.115 e. The van der Waals surface area contributed by atoms with E-state index in [0.29, 0.717) is 11.7 Å². The molecule has 92 valence electrons. The van der Waals surface area contributed by atoms with Gasteiger partial charge in [-0.3, -0.25) is 0 Å². The van der Waals surface area contributed by atoms with Crippen LogP contribution in [0.2, 0.25) is 0 Å². The first-order valence-electron chi connectivity index (χ1n) is 6.71. The van der Waals surface area contributed by atoms with Crippen molar-refractivity contribution >= 4 is 0 Å². The quantitative estimate of drug-likeness (QED) is 0.803. The summed E-state index contributed by atoms with van der Waals surface area (Å²) in [5, 5.41) is 9.63. The number of phenols is 1. The van der Waals surface area contributed by atoms with Crippen molar-refractivity contribution in [3.05, 3.63) is 29.8 Å². The van der Waals surface area contributed by atoms with Crippen LogP contribution in [0, 0.1) is 11.8 Å². The number of hydrogen-bond acceptors (Lipinski definition) is 2. The van der Waals surface area contributed by atoms with Gasteiger partial charge in [0.15, 0.2) is 0 Å². The van der Waals surface area contributed by atoms with Gasteiger partial charge in [0.1, 0.15) is 5.75 Å². The molecule has 2 heteroatoms. The molecule has 0 bridgehead atoms. The molecule has 2 fully saturated rings. The Hall–Kier alpha value is -1.02. The van der Waals surface area contributed by atoms with Crippen molar-refractivity contribution < 1.29 is 5.11 Å². The van der Waals surface area contributed by atoms with Gasteiger partial charge in [-0.2, -0.15) is 0 Å². The number of likely N-dealkylation sites (tertiary alicyclic amines) is 1. The van der Waals surface area contributed by atoms with E-state index in [-0.39, 0.29) is 0 Å². The Morgan fingerprint density at radius 1 is 1.24 bits per heavy atom. The number of phenolic OH excluding ortho intramolecular Hbond substituents is 1. The van der Waals surface area contributed by atoms with Crippen LogP contribution in [-0.4, -0.2) is 30.1 Å². The minimum absolute atomic E-state index is 0.413. The van der Waals surface area contributed by atoms with E-state index in [1.165, 1.54) is 37.9 Å². The molecule has 3 atom stereocenters. The summed E-state index contributed by atoms with van der Waals surface area (Å²) >= 11 is 0. The molecule has 2 aliphatic rings. The Bertz CT molecular complexity index is 404. The zero-order chi connectivity index (χ0) is 11.8. The second-order valence-corrected chi connectivity index (χ2v) is 5.78. The maximum Gasteiger partial charge on any atom is 0.115 e. The number of hydrogen-bond donors (Lipinski definition) is 1. The molecular weight excluding hydrogens is 210 g/mol. The van der Waals surface area contributed by atoms with Gasteiger partial charge in [-0.1, -0.05) is 18.6 Å².